The Bertz CT molecular complexity index is 909. The van der Waals surface area contributed by atoms with E-state index in [4.69, 9.17) is 14.2 Å². The quantitative estimate of drug-likeness (QED) is 0.304. The number of hydrogen-bond acceptors (Lipinski definition) is 8. The van der Waals surface area contributed by atoms with E-state index in [2.05, 4.69) is 27.7 Å². The van der Waals surface area contributed by atoms with E-state index in [1.807, 2.05) is 0 Å². The Morgan fingerprint density at radius 3 is 2.51 bits per heavy atom. The minimum absolute atomic E-state index is 0.0135. The van der Waals surface area contributed by atoms with Gasteiger partial charge >= 0.3 is 5.97 Å². The van der Waals surface area contributed by atoms with E-state index >= 15 is 0 Å². The molecular weight excluding hydrogens is 452 g/mol. The summed E-state index contributed by atoms with van der Waals surface area (Å²) in [6.45, 7) is 10.1. The summed E-state index contributed by atoms with van der Waals surface area (Å²) >= 11 is 0. The largest absolute Gasteiger partial charge is 0.458 e. The molecule has 4 rings (SSSR count). The first-order valence-corrected chi connectivity index (χ1v) is 12.8. The third kappa shape index (κ3) is 4.64. The van der Waals surface area contributed by atoms with Crippen LogP contribution in [0.1, 0.15) is 66.7 Å². The Morgan fingerprint density at radius 1 is 1.17 bits per heavy atom. The van der Waals surface area contributed by atoms with Crippen LogP contribution in [0, 0.1) is 22.7 Å². The number of carbonyl (C=O) groups excluding carboxylic acids is 2. The first-order chi connectivity index (χ1) is 16.4. The van der Waals surface area contributed by atoms with Crippen molar-refractivity contribution in [3.63, 3.8) is 0 Å². The average Bonchev–Trinajstić information content (AvgIpc) is 3.10. The number of ether oxygens (including phenoxy) is 3. The van der Waals surface area contributed by atoms with E-state index in [-0.39, 0.29) is 17.9 Å². The molecule has 2 fully saturated rings. The summed E-state index contributed by atoms with van der Waals surface area (Å²) < 4.78 is 17.6. The van der Waals surface area contributed by atoms with Crippen molar-refractivity contribution in [1.29, 1.82) is 0 Å². The van der Waals surface area contributed by atoms with Crippen LogP contribution in [0.4, 0.5) is 0 Å². The molecule has 1 saturated heterocycles. The summed E-state index contributed by atoms with van der Waals surface area (Å²) in [5.41, 5.74) is 2.74. The van der Waals surface area contributed by atoms with Crippen molar-refractivity contribution >= 4 is 12.3 Å². The molecule has 4 aliphatic rings. The van der Waals surface area contributed by atoms with Crippen LogP contribution < -0.4 is 0 Å². The van der Waals surface area contributed by atoms with Gasteiger partial charge in [0.25, 0.3) is 0 Å². The number of carbonyl (C=O) groups is 2. The van der Waals surface area contributed by atoms with Gasteiger partial charge in [-0.1, -0.05) is 38.8 Å². The van der Waals surface area contributed by atoms with E-state index in [0.29, 0.717) is 24.2 Å². The van der Waals surface area contributed by atoms with Gasteiger partial charge in [-0.2, -0.15) is 0 Å². The number of aldehydes is 1. The lowest BCUT2D eigenvalue weighted by atomic mass is 9.54. The fraction of sp³-hybridized carbons (Fsp3) is 0.778. The van der Waals surface area contributed by atoms with Crippen molar-refractivity contribution in [2.45, 2.75) is 104 Å². The molecule has 0 spiro atoms. The second-order valence-electron chi connectivity index (χ2n) is 11.6. The molecule has 0 aromatic rings. The lowest BCUT2D eigenvalue weighted by Gasteiger charge is -2.53. The molecule has 35 heavy (non-hydrogen) atoms. The Balaban J connectivity index is 1.80. The van der Waals surface area contributed by atoms with Crippen LogP contribution in [0.15, 0.2) is 22.8 Å². The van der Waals surface area contributed by atoms with Gasteiger partial charge in [0.2, 0.25) is 0 Å². The standard InChI is InChI=1S/C27H40O8/c1-14(2)17-6-7-26(4)8-9-27(5)18(22(17)26)11-20(34-15(3)29)16(12-28)10-21(27)35-25-24(32)23(31)19(30)13-33-25/h10,12,14,18-21,23-25,30-32H,6-9,11,13H2,1-5H3. The number of rotatable bonds is 5. The fourth-order valence-electron chi connectivity index (χ4n) is 6.84. The van der Waals surface area contributed by atoms with E-state index in [0.717, 1.165) is 25.7 Å². The van der Waals surface area contributed by atoms with E-state index in [1.165, 1.54) is 18.1 Å². The molecule has 0 amide bonds. The van der Waals surface area contributed by atoms with Crippen molar-refractivity contribution in [2.75, 3.05) is 6.61 Å². The highest BCUT2D eigenvalue weighted by atomic mass is 16.7. The van der Waals surface area contributed by atoms with Gasteiger partial charge in [0.1, 0.15) is 30.7 Å². The van der Waals surface area contributed by atoms with Crippen LogP contribution in [-0.2, 0) is 23.8 Å². The fourth-order valence-corrected chi connectivity index (χ4v) is 6.84. The highest BCUT2D eigenvalue weighted by molar-refractivity contribution is 5.77. The molecule has 196 valence electrons. The Kier molecular flexibility index (Phi) is 7.34. The second-order valence-corrected chi connectivity index (χ2v) is 11.6. The number of aliphatic hydroxyl groups is 3. The zero-order valence-corrected chi connectivity index (χ0v) is 21.4. The number of esters is 1. The van der Waals surface area contributed by atoms with Crippen LogP contribution in [-0.4, -0.2) is 71.0 Å². The molecule has 3 aliphatic carbocycles. The third-order valence-electron chi connectivity index (χ3n) is 8.99. The minimum Gasteiger partial charge on any atom is -0.458 e. The molecule has 1 aliphatic heterocycles. The van der Waals surface area contributed by atoms with Gasteiger partial charge in [-0.25, -0.2) is 0 Å². The Labute approximate surface area is 207 Å². The lowest BCUT2D eigenvalue weighted by molar-refractivity contribution is -0.289. The zero-order valence-electron chi connectivity index (χ0n) is 21.4. The maximum Gasteiger partial charge on any atom is 0.303 e. The molecule has 9 unspecified atom stereocenters. The van der Waals surface area contributed by atoms with Crippen LogP contribution in [0.5, 0.6) is 0 Å². The summed E-state index contributed by atoms with van der Waals surface area (Å²) in [6.07, 6.45) is 0.254. The normalized spacial score (nSPS) is 43.8. The van der Waals surface area contributed by atoms with Crippen LogP contribution in [0.2, 0.25) is 0 Å². The lowest BCUT2D eigenvalue weighted by Crippen LogP contribution is -2.56. The molecule has 0 aromatic carbocycles. The van der Waals surface area contributed by atoms with Gasteiger partial charge in [-0.05, 0) is 55.4 Å². The molecule has 1 heterocycles. The van der Waals surface area contributed by atoms with Gasteiger partial charge in [0, 0.05) is 17.9 Å². The van der Waals surface area contributed by atoms with Crippen molar-refractivity contribution in [2.24, 2.45) is 22.7 Å². The van der Waals surface area contributed by atoms with E-state index < -0.39 is 48.2 Å². The smallest absolute Gasteiger partial charge is 0.303 e. The molecule has 8 nitrogen and oxygen atoms in total. The van der Waals surface area contributed by atoms with Crippen molar-refractivity contribution in [3.8, 4) is 0 Å². The molecule has 0 bridgehead atoms. The van der Waals surface area contributed by atoms with Crippen LogP contribution in [0.25, 0.3) is 0 Å². The van der Waals surface area contributed by atoms with E-state index in [1.54, 1.807) is 6.08 Å². The molecule has 9 atom stereocenters. The molecule has 0 radical (unpaired) electrons. The number of fused-ring (bicyclic) bond motifs is 3. The van der Waals surface area contributed by atoms with Crippen LogP contribution in [0.3, 0.4) is 0 Å². The van der Waals surface area contributed by atoms with Gasteiger partial charge in [-0.15, -0.1) is 0 Å². The van der Waals surface area contributed by atoms with Crippen LogP contribution >= 0.6 is 0 Å². The van der Waals surface area contributed by atoms with Gasteiger partial charge in [-0.3, -0.25) is 9.59 Å². The molecule has 1 saturated carbocycles. The second kappa shape index (κ2) is 9.71. The molecule has 0 aromatic heterocycles. The number of aliphatic hydroxyl groups excluding tert-OH is 3. The third-order valence-corrected chi connectivity index (χ3v) is 8.99. The summed E-state index contributed by atoms with van der Waals surface area (Å²) in [5, 5.41) is 30.6. The monoisotopic (exact) mass is 492 g/mol. The molecule has 8 heteroatoms. The molecule has 3 N–H and O–H groups in total. The van der Waals surface area contributed by atoms with E-state index in [9.17, 15) is 24.9 Å². The maximum atomic E-state index is 12.2. The van der Waals surface area contributed by atoms with Crippen molar-refractivity contribution in [3.05, 3.63) is 22.8 Å². The van der Waals surface area contributed by atoms with Crippen molar-refractivity contribution < 1.29 is 39.1 Å². The summed E-state index contributed by atoms with van der Waals surface area (Å²) in [7, 11) is 0. The zero-order chi connectivity index (χ0) is 25.7. The summed E-state index contributed by atoms with van der Waals surface area (Å²) in [5.74, 6) is -0.0851. The van der Waals surface area contributed by atoms with Gasteiger partial charge in [0.05, 0.1) is 12.7 Å². The predicted molar refractivity (Wildman–Crippen MR) is 127 cm³/mol. The first kappa shape index (κ1) is 26.5. The first-order valence-electron chi connectivity index (χ1n) is 12.8. The minimum atomic E-state index is -1.44. The average molecular weight is 493 g/mol. The van der Waals surface area contributed by atoms with Gasteiger partial charge < -0.3 is 29.5 Å². The SMILES string of the molecule is CC(=O)OC1CC2C3=C(C(C)C)CCC3(C)CCC2(C)C(OC2OCC(O)C(O)C2O)C=C1C=O. The Morgan fingerprint density at radius 2 is 1.89 bits per heavy atom. The van der Waals surface area contributed by atoms with Crippen molar-refractivity contribution in [1.82, 2.24) is 0 Å². The highest BCUT2D eigenvalue weighted by Crippen LogP contribution is 2.63. The Hall–Kier alpha value is -1.58. The highest BCUT2D eigenvalue weighted by Gasteiger charge is 2.57. The summed E-state index contributed by atoms with van der Waals surface area (Å²) in [4.78, 5) is 24.2. The summed E-state index contributed by atoms with van der Waals surface area (Å²) in [6, 6.07) is 0. The van der Waals surface area contributed by atoms with Gasteiger partial charge in [0.15, 0.2) is 6.29 Å². The maximum absolute atomic E-state index is 12.2. The molecular formula is C27H40O8. The number of hydrogen-bond donors (Lipinski definition) is 3. The number of allylic oxidation sites excluding steroid dienone is 2. The topological polar surface area (TPSA) is 123 Å². The predicted octanol–water partition coefficient (Wildman–Crippen LogP) is 2.44.